The SMILES string of the molecule is CCC(C)CC(O)C(C)F. The van der Waals surface area contributed by atoms with Crippen LogP contribution in [0.15, 0.2) is 0 Å². The third kappa shape index (κ3) is 3.83. The molecule has 0 heterocycles. The lowest BCUT2D eigenvalue weighted by Gasteiger charge is -2.15. The summed E-state index contributed by atoms with van der Waals surface area (Å²) in [5, 5.41) is 9.05. The predicted molar refractivity (Wildman–Crippen MR) is 40.6 cm³/mol. The van der Waals surface area contributed by atoms with E-state index < -0.39 is 12.3 Å². The maximum atomic E-state index is 12.3. The van der Waals surface area contributed by atoms with Crippen molar-refractivity contribution in [1.29, 1.82) is 0 Å². The molecule has 1 N–H and O–H groups in total. The molecule has 0 aromatic rings. The van der Waals surface area contributed by atoms with Crippen LogP contribution in [-0.4, -0.2) is 17.4 Å². The topological polar surface area (TPSA) is 20.2 Å². The van der Waals surface area contributed by atoms with Crippen molar-refractivity contribution in [2.24, 2.45) is 5.92 Å². The molecule has 3 atom stereocenters. The maximum absolute atomic E-state index is 12.3. The lowest BCUT2D eigenvalue weighted by Crippen LogP contribution is -2.20. The van der Waals surface area contributed by atoms with E-state index in [1.165, 1.54) is 6.92 Å². The standard InChI is InChI=1S/C8H17FO/c1-4-6(2)5-8(10)7(3)9/h6-8,10H,4-5H2,1-3H3. The molecule has 62 valence electrons. The van der Waals surface area contributed by atoms with Crippen molar-refractivity contribution in [2.45, 2.75) is 45.9 Å². The van der Waals surface area contributed by atoms with Crippen LogP contribution in [0, 0.1) is 5.92 Å². The Labute approximate surface area is 62.3 Å². The summed E-state index contributed by atoms with van der Waals surface area (Å²) in [6.45, 7) is 5.46. The third-order valence-corrected chi connectivity index (χ3v) is 1.87. The van der Waals surface area contributed by atoms with Gasteiger partial charge in [0.1, 0.15) is 6.17 Å². The van der Waals surface area contributed by atoms with E-state index in [1.807, 2.05) is 13.8 Å². The molecule has 2 heteroatoms. The zero-order valence-corrected chi connectivity index (χ0v) is 6.97. The van der Waals surface area contributed by atoms with Gasteiger partial charge in [0.2, 0.25) is 0 Å². The van der Waals surface area contributed by atoms with Gasteiger partial charge < -0.3 is 5.11 Å². The number of hydrogen-bond donors (Lipinski definition) is 1. The van der Waals surface area contributed by atoms with Gasteiger partial charge in [0, 0.05) is 0 Å². The highest BCUT2D eigenvalue weighted by molar-refractivity contribution is 4.65. The molecule has 0 aliphatic carbocycles. The third-order valence-electron chi connectivity index (χ3n) is 1.87. The molecule has 0 saturated carbocycles. The number of aliphatic hydroxyl groups is 1. The highest BCUT2D eigenvalue weighted by atomic mass is 19.1. The lowest BCUT2D eigenvalue weighted by molar-refractivity contribution is 0.0674. The Hall–Kier alpha value is -0.110. The van der Waals surface area contributed by atoms with Crippen LogP contribution in [-0.2, 0) is 0 Å². The van der Waals surface area contributed by atoms with Crippen molar-refractivity contribution in [2.75, 3.05) is 0 Å². The van der Waals surface area contributed by atoms with Gasteiger partial charge >= 0.3 is 0 Å². The number of hydrogen-bond acceptors (Lipinski definition) is 1. The Kier molecular flexibility index (Phi) is 4.62. The van der Waals surface area contributed by atoms with Crippen LogP contribution < -0.4 is 0 Å². The Bertz CT molecular complexity index is 83.3. The summed E-state index contributed by atoms with van der Waals surface area (Å²) in [5.74, 6) is 0.424. The van der Waals surface area contributed by atoms with Crippen LogP contribution in [0.1, 0.15) is 33.6 Å². The van der Waals surface area contributed by atoms with E-state index >= 15 is 0 Å². The van der Waals surface area contributed by atoms with E-state index in [-0.39, 0.29) is 0 Å². The molecule has 0 spiro atoms. The first-order valence-electron chi connectivity index (χ1n) is 3.90. The Morgan fingerprint density at radius 3 is 2.20 bits per heavy atom. The van der Waals surface area contributed by atoms with Gasteiger partial charge in [-0.3, -0.25) is 0 Å². The minimum Gasteiger partial charge on any atom is -0.390 e. The molecule has 0 rings (SSSR count). The summed E-state index contributed by atoms with van der Waals surface area (Å²) in [5.41, 5.74) is 0. The summed E-state index contributed by atoms with van der Waals surface area (Å²) in [6.07, 6.45) is -0.276. The monoisotopic (exact) mass is 148 g/mol. The van der Waals surface area contributed by atoms with Gasteiger partial charge in [0.15, 0.2) is 0 Å². The fourth-order valence-electron chi connectivity index (χ4n) is 0.766. The van der Waals surface area contributed by atoms with Crippen LogP contribution in [0.2, 0.25) is 0 Å². The van der Waals surface area contributed by atoms with Crippen molar-refractivity contribution in [1.82, 2.24) is 0 Å². The van der Waals surface area contributed by atoms with Crippen molar-refractivity contribution < 1.29 is 9.50 Å². The first kappa shape index (κ1) is 9.89. The highest BCUT2D eigenvalue weighted by Crippen LogP contribution is 2.13. The van der Waals surface area contributed by atoms with Crippen molar-refractivity contribution in [3.63, 3.8) is 0 Å². The van der Waals surface area contributed by atoms with E-state index in [1.54, 1.807) is 0 Å². The molecule has 0 aliphatic heterocycles. The van der Waals surface area contributed by atoms with Gasteiger partial charge in [-0.1, -0.05) is 20.3 Å². The molecule has 0 aromatic heterocycles. The minimum absolute atomic E-state index is 0.424. The highest BCUT2D eigenvalue weighted by Gasteiger charge is 2.14. The molecule has 1 nitrogen and oxygen atoms in total. The molecule has 3 unspecified atom stereocenters. The molecule has 0 saturated heterocycles. The van der Waals surface area contributed by atoms with Crippen molar-refractivity contribution in [3.05, 3.63) is 0 Å². The summed E-state index contributed by atoms with van der Waals surface area (Å²) in [6, 6.07) is 0. The van der Waals surface area contributed by atoms with E-state index in [4.69, 9.17) is 5.11 Å². The van der Waals surface area contributed by atoms with Gasteiger partial charge in [0.25, 0.3) is 0 Å². The summed E-state index contributed by atoms with van der Waals surface area (Å²) in [4.78, 5) is 0. The second-order valence-electron chi connectivity index (χ2n) is 2.99. The summed E-state index contributed by atoms with van der Waals surface area (Å²) in [7, 11) is 0. The Balaban J connectivity index is 3.46. The van der Waals surface area contributed by atoms with Gasteiger partial charge in [-0.05, 0) is 19.3 Å². The minimum atomic E-state index is -1.09. The second kappa shape index (κ2) is 4.67. The molecular weight excluding hydrogens is 131 g/mol. The van der Waals surface area contributed by atoms with Crippen LogP contribution in [0.4, 0.5) is 4.39 Å². The van der Waals surface area contributed by atoms with Crippen LogP contribution in [0.25, 0.3) is 0 Å². The molecule has 10 heavy (non-hydrogen) atoms. The zero-order chi connectivity index (χ0) is 8.15. The average Bonchev–Trinajstić information content (AvgIpc) is 1.87. The Morgan fingerprint density at radius 2 is 1.90 bits per heavy atom. The quantitative estimate of drug-likeness (QED) is 0.647. The molecular formula is C8H17FO. The van der Waals surface area contributed by atoms with Gasteiger partial charge in [0.05, 0.1) is 6.10 Å². The van der Waals surface area contributed by atoms with Gasteiger partial charge in [-0.15, -0.1) is 0 Å². The van der Waals surface area contributed by atoms with Crippen LogP contribution in [0.5, 0.6) is 0 Å². The lowest BCUT2D eigenvalue weighted by atomic mass is 9.99. The van der Waals surface area contributed by atoms with Crippen molar-refractivity contribution >= 4 is 0 Å². The average molecular weight is 148 g/mol. The molecule has 0 amide bonds. The van der Waals surface area contributed by atoms with Crippen LogP contribution in [0.3, 0.4) is 0 Å². The molecule has 0 aromatic carbocycles. The number of rotatable bonds is 4. The fourth-order valence-corrected chi connectivity index (χ4v) is 0.766. The molecule has 0 aliphatic rings. The maximum Gasteiger partial charge on any atom is 0.123 e. The van der Waals surface area contributed by atoms with E-state index in [0.29, 0.717) is 12.3 Å². The van der Waals surface area contributed by atoms with E-state index in [9.17, 15) is 4.39 Å². The molecule has 0 bridgehead atoms. The first-order chi connectivity index (χ1) is 4.57. The summed E-state index contributed by atoms with van der Waals surface area (Å²) >= 11 is 0. The first-order valence-corrected chi connectivity index (χ1v) is 3.90. The van der Waals surface area contributed by atoms with E-state index in [2.05, 4.69) is 0 Å². The molecule has 0 radical (unpaired) electrons. The van der Waals surface area contributed by atoms with Crippen molar-refractivity contribution in [3.8, 4) is 0 Å². The predicted octanol–water partition coefficient (Wildman–Crippen LogP) is 2.14. The molecule has 0 fully saturated rings. The number of aliphatic hydroxyl groups excluding tert-OH is 1. The van der Waals surface area contributed by atoms with E-state index in [0.717, 1.165) is 6.42 Å². The smallest absolute Gasteiger partial charge is 0.123 e. The van der Waals surface area contributed by atoms with Crippen LogP contribution >= 0.6 is 0 Å². The normalized spacial score (nSPS) is 20.1. The Morgan fingerprint density at radius 1 is 1.40 bits per heavy atom. The fraction of sp³-hybridized carbons (Fsp3) is 1.00. The number of alkyl halides is 1. The van der Waals surface area contributed by atoms with Gasteiger partial charge in [-0.25, -0.2) is 4.39 Å². The van der Waals surface area contributed by atoms with Gasteiger partial charge in [-0.2, -0.15) is 0 Å². The second-order valence-corrected chi connectivity index (χ2v) is 2.99. The largest absolute Gasteiger partial charge is 0.390 e. The summed E-state index contributed by atoms with van der Waals surface area (Å²) < 4.78 is 12.3. The zero-order valence-electron chi connectivity index (χ0n) is 6.97. The number of halogens is 1.